The van der Waals surface area contributed by atoms with Crippen molar-refractivity contribution in [3.8, 4) is 0 Å². The number of aromatic nitrogens is 3. The van der Waals surface area contributed by atoms with Crippen molar-refractivity contribution in [3.05, 3.63) is 59.7 Å². The van der Waals surface area contributed by atoms with E-state index in [1.165, 1.54) is 6.20 Å². The minimum absolute atomic E-state index is 0.0283. The van der Waals surface area contributed by atoms with Crippen LogP contribution in [0, 0.1) is 0 Å². The van der Waals surface area contributed by atoms with Crippen LogP contribution >= 0.6 is 0 Å². The first-order valence-electron chi connectivity index (χ1n) is 7.85. The van der Waals surface area contributed by atoms with Crippen LogP contribution in [0.2, 0.25) is 0 Å². The third-order valence-electron chi connectivity index (χ3n) is 3.77. The Hall–Kier alpha value is -2.64. The van der Waals surface area contributed by atoms with Gasteiger partial charge < -0.3 is 4.74 Å². The van der Waals surface area contributed by atoms with Crippen molar-refractivity contribution in [2.45, 2.75) is 38.1 Å². The van der Waals surface area contributed by atoms with Gasteiger partial charge in [0.1, 0.15) is 11.7 Å². The average Bonchev–Trinajstić information content (AvgIpc) is 3.01. The topological polar surface area (TPSA) is 57.0 Å². The van der Waals surface area contributed by atoms with E-state index in [1.807, 2.05) is 6.08 Å². The molecule has 1 atom stereocenters. The lowest BCUT2D eigenvalue weighted by Gasteiger charge is -2.17. The summed E-state index contributed by atoms with van der Waals surface area (Å²) in [5, 5.41) is 3.52. The van der Waals surface area contributed by atoms with Crippen molar-refractivity contribution in [2.24, 2.45) is 0 Å². The van der Waals surface area contributed by atoms with Gasteiger partial charge in [0.25, 0.3) is 0 Å². The minimum atomic E-state index is -4.74. The summed E-state index contributed by atoms with van der Waals surface area (Å²) in [4.78, 5) is 16.3. The Morgan fingerprint density at radius 2 is 2.20 bits per heavy atom. The molecule has 0 spiro atoms. The molecule has 0 amide bonds. The molecule has 2 aromatic heterocycles. The van der Waals surface area contributed by atoms with Gasteiger partial charge in [-0.15, -0.1) is 0 Å². The van der Waals surface area contributed by atoms with Crippen LogP contribution in [-0.4, -0.2) is 26.8 Å². The maximum atomic E-state index is 13.2. The van der Waals surface area contributed by atoms with Crippen molar-refractivity contribution < 1.29 is 22.7 Å². The molecule has 1 aliphatic rings. The molecular formula is C17H16F3N3O2. The molecule has 0 radical (unpaired) electrons. The summed E-state index contributed by atoms with van der Waals surface area (Å²) in [6.07, 6.45) is 3.23. The third-order valence-corrected chi connectivity index (χ3v) is 3.77. The van der Waals surface area contributed by atoms with E-state index in [1.54, 1.807) is 24.3 Å². The number of esters is 1. The van der Waals surface area contributed by atoms with Gasteiger partial charge in [-0.05, 0) is 37.5 Å². The number of allylic oxidation sites excluding steroid dienone is 1. The zero-order valence-corrected chi connectivity index (χ0v) is 13.2. The second-order valence-corrected chi connectivity index (χ2v) is 5.71. The number of carbonyl (C=O) groups is 1. The van der Waals surface area contributed by atoms with Gasteiger partial charge in [0.2, 0.25) is 0 Å². The van der Waals surface area contributed by atoms with Crippen LogP contribution in [0.5, 0.6) is 0 Å². The van der Waals surface area contributed by atoms with Gasteiger partial charge in [0.15, 0.2) is 5.69 Å². The maximum Gasteiger partial charge on any atom is 0.436 e. The van der Waals surface area contributed by atoms with Crippen molar-refractivity contribution in [1.29, 1.82) is 0 Å². The summed E-state index contributed by atoms with van der Waals surface area (Å²) in [7, 11) is 0. The van der Waals surface area contributed by atoms with Gasteiger partial charge in [0.05, 0.1) is 12.2 Å². The van der Waals surface area contributed by atoms with Gasteiger partial charge in [0, 0.05) is 12.4 Å². The standard InChI is InChI=1S/C17H16F3N3O2/c18-17(19,20)15-14(16(24)25-13-7-2-1-3-8-13)11-23(22-15)10-12-6-4-5-9-21-12/h2,4-7,9,11,13H,1,3,8,10H2. The van der Waals surface area contributed by atoms with Gasteiger partial charge in [-0.25, -0.2) is 4.79 Å². The molecule has 1 aliphatic carbocycles. The quantitative estimate of drug-likeness (QED) is 0.624. The number of hydrogen-bond acceptors (Lipinski definition) is 4. The molecule has 2 heterocycles. The number of carbonyl (C=O) groups excluding carboxylic acids is 1. The number of hydrogen-bond donors (Lipinski definition) is 0. The highest BCUT2D eigenvalue weighted by Gasteiger charge is 2.40. The monoisotopic (exact) mass is 351 g/mol. The van der Waals surface area contributed by atoms with Crippen LogP contribution in [0.25, 0.3) is 0 Å². The molecule has 25 heavy (non-hydrogen) atoms. The van der Waals surface area contributed by atoms with E-state index in [9.17, 15) is 18.0 Å². The molecule has 0 N–H and O–H groups in total. The van der Waals surface area contributed by atoms with Crippen LogP contribution in [0.4, 0.5) is 13.2 Å². The van der Waals surface area contributed by atoms with Gasteiger partial charge >= 0.3 is 12.1 Å². The fourth-order valence-corrected chi connectivity index (χ4v) is 2.60. The molecule has 0 bridgehead atoms. The second-order valence-electron chi connectivity index (χ2n) is 5.71. The lowest BCUT2D eigenvalue weighted by atomic mass is 10.1. The van der Waals surface area contributed by atoms with E-state index in [0.717, 1.165) is 23.7 Å². The first kappa shape index (κ1) is 17.2. The molecule has 0 fully saturated rings. The molecule has 2 aromatic rings. The Labute approximate surface area is 142 Å². The highest BCUT2D eigenvalue weighted by molar-refractivity contribution is 5.90. The molecule has 3 rings (SSSR count). The largest absolute Gasteiger partial charge is 0.454 e. The van der Waals surface area contributed by atoms with Crippen molar-refractivity contribution in [3.63, 3.8) is 0 Å². The summed E-state index contributed by atoms with van der Waals surface area (Å²) in [5.74, 6) is -1.02. The Morgan fingerprint density at radius 1 is 1.36 bits per heavy atom. The summed E-state index contributed by atoms with van der Waals surface area (Å²) < 4.78 is 45.9. The summed E-state index contributed by atoms with van der Waals surface area (Å²) in [5.41, 5.74) is -1.29. The molecule has 0 saturated carbocycles. The summed E-state index contributed by atoms with van der Waals surface area (Å²) in [6.45, 7) is 0.0283. The molecule has 0 aliphatic heterocycles. The second kappa shape index (κ2) is 7.08. The van der Waals surface area contributed by atoms with Crippen LogP contribution in [0.1, 0.15) is 41.0 Å². The van der Waals surface area contributed by atoms with Crippen molar-refractivity contribution in [2.75, 3.05) is 0 Å². The van der Waals surface area contributed by atoms with Crippen molar-refractivity contribution in [1.82, 2.24) is 14.8 Å². The van der Waals surface area contributed by atoms with Gasteiger partial charge in [-0.2, -0.15) is 18.3 Å². The third kappa shape index (κ3) is 4.26. The molecular weight excluding hydrogens is 335 g/mol. The lowest BCUT2D eigenvalue weighted by Crippen LogP contribution is -2.20. The zero-order valence-electron chi connectivity index (χ0n) is 13.2. The normalized spacial score (nSPS) is 17.5. The zero-order chi connectivity index (χ0) is 17.9. The lowest BCUT2D eigenvalue weighted by molar-refractivity contribution is -0.142. The highest BCUT2D eigenvalue weighted by Crippen LogP contribution is 2.31. The Bertz CT molecular complexity index is 769. The van der Waals surface area contributed by atoms with Gasteiger partial charge in [-0.1, -0.05) is 12.1 Å². The highest BCUT2D eigenvalue weighted by atomic mass is 19.4. The predicted octanol–water partition coefficient (Wildman–Crippen LogP) is 3.61. The van der Waals surface area contributed by atoms with Crippen LogP contribution in [-0.2, 0) is 17.5 Å². The average molecular weight is 351 g/mol. The first-order chi connectivity index (χ1) is 11.9. The number of alkyl halides is 3. The van der Waals surface area contributed by atoms with Gasteiger partial charge in [-0.3, -0.25) is 9.67 Å². The molecule has 132 valence electrons. The molecule has 5 nitrogen and oxygen atoms in total. The van der Waals surface area contributed by atoms with Crippen LogP contribution in [0.15, 0.2) is 42.7 Å². The number of ether oxygens (including phenoxy) is 1. The first-order valence-corrected chi connectivity index (χ1v) is 7.85. The number of rotatable bonds is 4. The van der Waals surface area contributed by atoms with E-state index in [4.69, 9.17) is 4.74 Å². The van der Waals surface area contributed by atoms with E-state index in [-0.39, 0.29) is 6.54 Å². The molecule has 8 heteroatoms. The predicted molar refractivity (Wildman–Crippen MR) is 82.8 cm³/mol. The Kier molecular flexibility index (Phi) is 4.87. The van der Waals surface area contributed by atoms with Crippen LogP contribution in [0.3, 0.4) is 0 Å². The number of pyridine rings is 1. The Morgan fingerprint density at radius 3 is 2.84 bits per heavy atom. The van der Waals surface area contributed by atoms with E-state index >= 15 is 0 Å². The van der Waals surface area contributed by atoms with E-state index in [2.05, 4.69) is 10.1 Å². The SMILES string of the molecule is O=C(OC1C=CCCC1)c1cn(Cc2ccccn2)nc1C(F)(F)F. The smallest absolute Gasteiger partial charge is 0.436 e. The molecule has 0 aromatic carbocycles. The van der Waals surface area contributed by atoms with E-state index < -0.39 is 29.5 Å². The summed E-state index contributed by atoms with van der Waals surface area (Å²) >= 11 is 0. The minimum Gasteiger partial charge on any atom is -0.454 e. The fourth-order valence-electron chi connectivity index (χ4n) is 2.60. The van der Waals surface area contributed by atoms with Crippen molar-refractivity contribution >= 4 is 5.97 Å². The molecule has 1 unspecified atom stereocenters. The summed E-state index contributed by atoms with van der Waals surface area (Å²) in [6, 6.07) is 5.09. The molecule has 0 saturated heterocycles. The van der Waals surface area contributed by atoms with E-state index in [0.29, 0.717) is 12.1 Å². The number of nitrogens with zero attached hydrogens (tertiary/aromatic N) is 3. The maximum absolute atomic E-state index is 13.2. The number of halogens is 3. The Balaban J connectivity index is 1.84. The fraction of sp³-hybridized carbons (Fsp3) is 0.353. The van der Waals surface area contributed by atoms with Crippen LogP contribution < -0.4 is 0 Å².